The fraction of sp³-hybridized carbons (Fsp3) is 0.514. The predicted molar refractivity (Wildman–Crippen MR) is 193 cm³/mol. The number of carbonyl (C=O) groups excluding carboxylic acids is 8. The highest BCUT2D eigenvalue weighted by atomic mass is 16.5. The molecule has 2 unspecified atom stereocenters. The van der Waals surface area contributed by atoms with E-state index in [-0.39, 0.29) is 24.9 Å². The zero-order valence-corrected chi connectivity index (χ0v) is 31.3. The molecule has 18 nitrogen and oxygen atoms in total. The van der Waals surface area contributed by atoms with Crippen molar-refractivity contribution in [2.45, 2.75) is 86.4 Å². The molecule has 0 saturated heterocycles. The molecule has 0 fully saturated rings. The van der Waals surface area contributed by atoms with Gasteiger partial charge in [0.2, 0.25) is 23.6 Å². The summed E-state index contributed by atoms with van der Waals surface area (Å²) in [6.07, 6.45) is 2.08. The topological polar surface area (TPSA) is 272 Å². The zero-order valence-electron chi connectivity index (χ0n) is 31.3. The van der Waals surface area contributed by atoms with Crippen LogP contribution < -0.4 is 32.3 Å². The number of primary amides is 1. The Kier molecular flexibility index (Phi) is 22.4. The molecule has 1 aromatic carbocycles. The number of amides is 8. The second kappa shape index (κ2) is 25.2. The Morgan fingerprint density at radius 2 is 1.43 bits per heavy atom. The highest BCUT2D eigenvalue weighted by molar-refractivity contribution is 6.14. The van der Waals surface area contributed by atoms with Crippen molar-refractivity contribution in [2.24, 2.45) is 17.6 Å². The number of nitrogens with two attached hydrogens (primary N) is 1. The van der Waals surface area contributed by atoms with Crippen LogP contribution >= 0.6 is 0 Å². The van der Waals surface area contributed by atoms with Crippen LogP contribution in [0.5, 0.6) is 0 Å². The normalized spacial score (nSPS) is 12.7. The molecule has 1 aliphatic heterocycles. The Balaban J connectivity index is 0.00000268. The van der Waals surface area contributed by atoms with E-state index in [0.29, 0.717) is 22.7 Å². The number of imide groups is 1. The lowest BCUT2D eigenvalue weighted by atomic mass is 10.0. The van der Waals surface area contributed by atoms with Gasteiger partial charge in [0.25, 0.3) is 11.8 Å². The Bertz CT molecular complexity index is 1440. The number of carboxylic acid groups (broad SMARTS) is 1. The van der Waals surface area contributed by atoms with Crippen LogP contribution in [0.1, 0.15) is 73.3 Å². The average molecular weight is 748 g/mol. The van der Waals surface area contributed by atoms with Gasteiger partial charge in [0, 0.05) is 30.8 Å². The number of nitrogens with zero attached hydrogens (tertiary/aromatic N) is 1. The number of ether oxygens (including phenoxy) is 1. The number of urea groups is 1. The molecule has 0 spiro atoms. The van der Waals surface area contributed by atoms with Crippen molar-refractivity contribution in [1.82, 2.24) is 26.2 Å². The molecule has 0 radical (unpaired) electrons. The summed E-state index contributed by atoms with van der Waals surface area (Å²) < 4.78 is 5.16. The highest BCUT2D eigenvalue weighted by Gasteiger charge is 2.31. The van der Waals surface area contributed by atoms with Crippen molar-refractivity contribution in [3.8, 4) is 0 Å². The molecule has 0 aromatic heterocycles. The molecular weight excluding hydrogens is 694 g/mol. The van der Waals surface area contributed by atoms with Crippen LogP contribution in [-0.4, -0.2) is 95.1 Å². The summed E-state index contributed by atoms with van der Waals surface area (Å²) >= 11 is 0. The fourth-order valence-electron chi connectivity index (χ4n) is 4.03. The van der Waals surface area contributed by atoms with Crippen molar-refractivity contribution in [3.05, 3.63) is 42.0 Å². The molecule has 1 aromatic rings. The maximum Gasteiger partial charge on any atom is 0.312 e. The van der Waals surface area contributed by atoms with Crippen molar-refractivity contribution in [2.75, 3.05) is 25.0 Å². The maximum absolute atomic E-state index is 13.0. The minimum atomic E-state index is -1.39. The average Bonchev–Trinajstić information content (AvgIpc) is 3.42. The molecule has 0 bridgehead atoms. The van der Waals surface area contributed by atoms with Crippen LogP contribution in [-0.2, 0) is 49.7 Å². The molecule has 8 amide bonds. The Hall–Kier alpha value is -5.81. The van der Waals surface area contributed by atoms with Crippen molar-refractivity contribution < 1.29 is 53.0 Å². The number of hydrogen-bond donors (Lipinski definition) is 7. The highest BCUT2D eigenvalue weighted by Crippen LogP contribution is 2.12. The molecule has 1 aliphatic rings. The number of nitrogens with one attached hydrogen (secondary N) is 5. The quantitative estimate of drug-likeness (QED) is 0.0820. The van der Waals surface area contributed by atoms with Crippen LogP contribution in [0.2, 0.25) is 0 Å². The SMILES string of the molecule is CC.CC(C)C(=O)OCc1ccc(NC(=O)CNC(=O)C(NC(=O)C(CCC(=O)O)NC(=O)CN2C(=O)C=CC2=O)C(C)C)cc1.CCCNC(N)=O. The van der Waals surface area contributed by atoms with E-state index in [1.54, 1.807) is 52.0 Å². The third kappa shape index (κ3) is 19.4. The number of hydrogen-bond acceptors (Lipinski definition) is 10. The number of carboxylic acids is 1. The molecule has 0 saturated carbocycles. The zero-order chi connectivity index (χ0) is 40.7. The molecule has 1 heterocycles. The van der Waals surface area contributed by atoms with Gasteiger partial charge >= 0.3 is 18.0 Å². The third-order valence-corrected chi connectivity index (χ3v) is 6.81. The van der Waals surface area contributed by atoms with Gasteiger partial charge in [-0.2, -0.15) is 0 Å². The first kappa shape index (κ1) is 47.2. The number of anilines is 1. The van der Waals surface area contributed by atoms with Gasteiger partial charge in [-0.3, -0.25) is 43.3 Å². The summed E-state index contributed by atoms with van der Waals surface area (Å²) in [4.78, 5) is 108. The van der Waals surface area contributed by atoms with Gasteiger partial charge in [0.15, 0.2) is 0 Å². The number of aliphatic carboxylic acids is 1. The van der Waals surface area contributed by atoms with Gasteiger partial charge < -0.3 is 42.2 Å². The van der Waals surface area contributed by atoms with Gasteiger partial charge in [-0.05, 0) is 36.5 Å². The van der Waals surface area contributed by atoms with Crippen molar-refractivity contribution in [3.63, 3.8) is 0 Å². The Morgan fingerprint density at radius 1 is 0.849 bits per heavy atom. The lowest BCUT2D eigenvalue weighted by Crippen LogP contribution is -2.56. The summed E-state index contributed by atoms with van der Waals surface area (Å²) in [5.41, 5.74) is 5.88. The fourth-order valence-corrected chi connectivity index (χ4v) is 4.03. The molecule has 18 heteroatoms. The summed E-state index contributed by atoms with van der Waals surface area (Å²) in [6, 6.07) is 3.56. The van der Waals surface area contributed by atoms with E-state index in [1.165, 1.54) is 0 Å². The second-order valence-electron chi connectivity index (χ2n) is 11.9. The van der Waals surface area contributed by atoms with E-state index in [4.69, 9.17) is 15.6 Å². The summed E-state index contributed by atoms with van der Waals surface area (Å²) in [5, 5.41) is 21.3. The van der Waals surface area contributed by atoms with Gasteiger partial charge in [0.1, 0.15) is 25.2 Å². The largest absolute Gasteiger partial charge is 0.481 e. The van der Waals surface area contributed by atoms with Gasteiger partial charge in [0.05, 0.1) is 12.5 Å². The van der Waals surface area contributed by atoms with Crippen LogP contribution in [0.15, 0.2) is 36.4 Å². The molecule has 2 rings (SSSR count). The van der Waals surface area contributed by atoms with Crippen molar-refractivity contribution in [1.29, 1.82) is 0 Å². The van der Waals surface area contributed by atoms with Crippen molar-refractivity contribution >= 4 is 59.1 Å². The van der Waals surface area contributed by atoms with Crippen LogP contribution in [0, 0.1) is 11.8 Å². The van der Waals surface area contributed by atoms with Crippen LogP contribution in [0.3, 0.4) is 0 Å². The first-order chi connectivity index (χ1) is 24.9. The lowest BCUT2D eigenvalue weighted by Gasteiger charge is -2.25. The van der Waals surface area contributed by atoms with E-state index < -0.39 is 85.0 Å². The molecule has 0 aliphatic carbocycles. The number of carbonyl (C=O) groups is 9. The van der Waals surface area contributed by atoms with Crippen LogP contribution in [0.4, 0.5) is 10.5 Å². The first-order valence-electron chi connectivity index (χ1n) is 17.2. The molecule has 8 N–H and O–H groups in total. The summed E-state index contributed by atoms with van der Waals surface area (Å²) in [7, 11) is 0. The lowest BCUT2D eigenvalue weighted by molar-refractivity contribution is -0.148. The van der Waals surface area contributed by atoms with Gasteiger partial charge in [-0.1, -0.05) is 60.6 Å². The number of rotatable bonds is 18. The smallest absolute Gasteiger partial charge is 0.312 e. The number of esters is 1. The first-order valence-corrected chi connectivity index (χ1v) is 17.2. The monoisotopic (exact) mass is 747 g/mol. The Morgan fingerprint density at radius 3 is 1.91 bits per heavy atom. The summed E-state index contributed by atoms with van der Waals surface area (Å²) in [5.74, 6) is -6.72. The second-order valence-corrected chi connectivity index (χ2v) is 11.9. The van der Waals surface area contributed by atoms with E-state index in [1.807, 2.05) is 20.8 Å². The molecule has 2 atom stereocenters. The predicted octanol–water partition coefficient (Wildman–Crippen LogP) is 0.947. The maximum atomic E-state index is 13.0. The van der Waals surface area contributed by atoms with Gasteiger partial charge in [-0.25, -0.2) is 4.79 Å². The molecule has 294 valence electrons. The van der Waals surface area contributed by atoms with E-state index in [9.17, 15) is 43.2 Å². The van der Waals surface area contributed by atoms with Crippen LogP contribution in [0.25, 0.3) is 0 Å². The minimum absolute atomic E-state index is 0.0831. The summed E-state index contributed by atoms with van der Waals surface area (Å²) in [6.45, 7) is 12.3. The van der Waals surface area contributed by atoms with E-state index >= 15 is 0 Å². The molecular formula is C35H53N7O11. The van der Waals surface area contributed by atoms with E-state index in [0.717, 1.165) is 18.6 Å². The Labute approximate surface area is 309 Å². The van der Waals surface area contributed by atoms with Gasteiger partial charge in [-0.15, -0.1) is 0 Å². The minimum Gasteiger partial charge on any atom is -0.481 e. The number of benzene rings is 1. The molecule has 53 heavy (non-hydrogen) atoms. The van der Waals surface area contributed by atoms with E-state index in [2.05, 4.69) is 26.6 Å². The third-order valence-electron chi connectivity index (χ3n) is 6.81. The standard InChI is InChI=1S/C29H37N5O10.C4H10N2O.C2H6/c1-16(2)26(28(42)30-13-21(35)31-19-7-5-18(6-8-19)15-44-29(43)17(3)4)33-27(41)20(9-12-25(39)40)32-22(36)14-34-23(37)10-11-24(34)38;1-2-3-6-4(5)7;1-2/h5-8,10-11,16-17,20,26H,9,12-15H2,1-4H3,(H,30,42)(H,31,35)(H,32,36)(H,33,41)(H,39,40);2-3H2,1H3,(H3,5,6,7);1-2H3.